The number of benzene rings is 2. The zero-order valence-electron chi connectivity index (χ0n) is 12.0. The Bertz CT molecular complexity index is 661. The lowest BCUT2D eigenvalue weighted by Gasteiger charge is -2.26. The van der Waals surface area contributed by atoms with Crippen molar-refractivity contribution in [2.45, 2.75) is 19.9 Å². The van der Waals surface area contributed by atoms with Gasteiger partial charge in [-0.05, 0) is 36.2 Å². The smallest absolute Gasteiger partial charge is 0.101 e. The van der Waals surface area contributed by atoms with Gasteiger partial charge in [0.25, 0.3) is 0 Å². The largest absolute Gasteiger partial charge is 0.398 e. The summed E-state index contributed by atoms with van der Waals surface area (Å²) < 4.78 is 0. The molecule has 0 atom stereocenters. The molecule has 0 saturated heterocycles. The Morgan fingerprint density at radius 1 is 1.24 bits per heavy atom. The van der Waals surface area contributed by atoms with E-state index in [9.17, 15) is 5.26 Å². The molecule has 3 nitrogen and oxygen atoms in total. The van der Waals surface area contributed by atoms with E-state index in [0.717, 1.165) is 29.9 Å². The van der Waals surface area contributed by atoms with Gasteiger partial charge in [-0.2, -0.15) is 5.26 Å². The van der Waals surface area contributed by atoms with Gasteiger partial charge in [0.2, 0.25) is 0 Å². The lowest BCUT2D eigenvalue weighted by atomic mass is 10.1. The average molecular weight is 300 g/mol. The van der Waals surface area contributed by atoms with Crippen molar-refractivity contribution >= 4 is 23.0 Å². The average Bonchev–Trinajstić information content (AvgIpc) is 2.49. The van der Waals surface area contributed by atoms with Crippen molar-refractivity contribution in [1.29, 1.82) is 5.26 Å². The number of hydrogen-bond acceptors (Lipinski definition) is 3. The molecule has 0 aliphatic heterocycles. The predicted molar refractivity (Wildman–Crippen MR) is 88.4 cm³/mol. The van der Waals surface area contributed by atoms with Crippen molar-refractivity contribution in [2.24, 2.45) is 0 Å². The Labute approximate surface area is 130 Å². The summed E-state index contributed by atoms with van der Waals surface area (Å²) in [5, 5.41) is 9.93. The van der Waals surface area contributed by atoms with Crippen LogP contribution in [-0.2, 0) is 6.54 Å². The number of para-hydroxylation sites is 1. The van der Waals surface area contributed by atoms with Crippen molar-refractivity contribution < 1.29 is 0 Å². The van der Waals surface area contributed by atoms with Gasteiger partial charge in [-0.3, -0.25) is 0 Å². The van der Waals surface area contributed by atoms with Crippen molar-refractivity contribution in [2.75, 3.05) is 17.2 Å². The number of nitrogen functional groups attached to an aromatic ring is 1. The minimum atomic E-state index is 0.627. The molecule has 0 bridgehead atoms. The van der Waals surface area contributed by atoms with Crippen LogP contribution in [0, 0.1) is 11.3 Å². The molecular formula is C17H18ClN3. The molecule has 0 unspecified atom stereocenters. The summed E-state index contributed by atoms with van der Waals surface area (Å²) in [5.74, 6) is 0. The Morgan fingerprint density at radius 2 is 2.00 bits per heavy atom. The topological polar surface area (TPSA) is 53.0 Å². The summed E-state index contributed by atoms with van der Waals surface area (Å²) in [7, 11) is 0. The van der Waals surface area contributed by atoms with Crippen LogP contribution in [0.4, 0.5) is 11.4 Å². The van der Waals surface area contributed by atoms with Gasteiger partial charge >= 0.3 is 0 Å². The van der Waals surface area contributed by atoms with Crippen molar-refractivity contribution in [3.05, 3.63) is 58.6 Å². The zero-order valence-corrected chi connectivity index (χ0v) is 12.8. The van der Waals surface area contributed by atoms with Gasteiger partial charge in [-0.15, -0.1) is 0 Å². The molecule has 108 valence electrons. The molecule has 21 heavy (non-hydrogen) atoms. The Morgan fingerprint density at radius 3 is 2.67 bits per heavy atom. The van der Waals surface area contributed by atoms with Crippen molar-refractivity contribution in [3.8, 4) is 6.07 Å². The van der Waals surface area contributed by atoms with Gasteiger partial charge in [0.15, 0.2) is 0 Å². The SMILES string of the molecule is CCCN(Cc1ccccc1N)c1cc(Cl)ccc1C#N. The Hall–Kier alpha value is -2.18. The van der Waals surface area contributed by atoms with Crippen molar-refractivity contribution in [1.82, 2.24) is 0 Å². The van der Waals surface area contributed by atoms with Crippen LogP contribution in [0.25, 0.3) is 0 Å². The fourth-order valence-electron chi connectivity index (χ4n) is 2.30. The second-order valence-corrected chi connectivity index (χ2v) is 5.33. The minimum Gasteiger partial charge on any atom is -0.398 e. The first-order chi connectivity index (χ1) is 10.2. The van der Waals surface area contributed by atoms with Gasteiger partial charge in [0.1, 0.15) is 6.07 Å². The molecule has 0 aliphatic carbocycles. The number of halogens is 1. The highest BCUT2D eigenvalue weighted by Crippen LogP contribution is 2.27. The molecule has 0 aromatic heterocycles. The summed E-state index contributed by atoms with van der Waals surface area (Å²) >= 11 is 6.09. The normalized spacial score (nSPS) is 10.1. The number of anilines is 2. The van der Waals surface area contributed by atoms with Crippen LogP contribution in [0.2, 0.25) is 5.02 Å². The van der Waals surface area contributed by atoms with Gasteiger partial charge in [0, 0.05) is 23.8 Å². The van der Waals surface area contributed by atoms with Crippen LogP contribution >= 0.6 is 11.6 Å². The summed E-state index contributed by atoms with van der Waals surface area (Å²) in [6.45, 7) is 3.61. The first-order valence-corrected chi connectivity index (χ1v) is 7.31. The number of hydrogen-bond donors (Lipinski definition) is 1. The molecule has 2 aromatic rings. The highest BCUT2D eigenvalue weighted by Gasteiger charge is 2.13. The molecule has 4 heteroatoms. The number of nitriles is 1. The van der Waals surface area contributed by atoms with Gasteiger partial charge in [-0.1, -0.05) is 36.7 Å². The molecule has 0 aliphatic rings. The quantitative estimate of drug-likeness (QED) is 0.841. The summed E-state index contributed by atoms with van der Waals surface area (Å²) in [6, 6.07) is 15.4. The zero-order chi connectivity index (χ0) is 15.2. The van der Waals surface area contributed by atoms with Gasteiger partial charge in [-0.25, -0.2) is 0 Å². The Kier molecular flexibility index (Phi) is 5.08. The number of nitrogens with two attached hydrogens (primary N) is 1. The lowest BCUT2D eigenvalue weighted by molar-refractivity contribution is 0.767. The third kappa shape index (κ3) is 3.68. The number of rotatable bonds is 5. The van der Waals surface area contributed by atoms with E-state index in [1.54, 1.807) is 12.1 Å². The summed E-state index contributed by atoms with van der Waals surface area (Å²) in [6.07, 6.45) is 0.976. The van der Waals surface area contributed by atoms with E-state index in [-0.39, 0.29) is 0 Å². The summed E-state index contributed by atoms with van der Waals surface area (Å²) in [5.41, 5.74) is 9.32. The highest BCUT2D eigenvalue weighted by atomic mass is 35.5. The van der Waals surface area contributed by atoms with E-state index < -0.39 is 0 Å². The second kappa shape index (κ2) is 7.01. The van der Waals surface area contributed by atoms with Crippen LogP contribution < -0.4 is 10.6 Å². The molecule has 0 saturated carbocycles. The van der Waals surface area contributed by atoms with E-state index in [1.807, 2.05) is 30.3 Å². The first kappa shape index (κ1) is 15.2. The fourth-order valence-corrected chi connectivity index (χ4v) is 2.47. The molecular weight excluding hydrogens is 282 g/mol. The van der Waals surface area contributed by atoms with Gasteiger partial charge < -0.3 is 10.6 Å². The molecule has 2 N–H and O–H groups in total. The Balaban J connectivity index is 2.38. The third-order valence-corrected chi connectivity index (χ3v) is 3.57. The van der Waals surface area contributed by atoms with E-state index in [1.165, 1.54) is 0 Å². The monoisotopic (exact) mass is 299 g/mol. The molecule has 0 heterocycles. The maximum Gasteiger partial charge on any atom is 0.101 e. The van der Waals surface area contributed by atoms with Gasteiger partial charge in [0.05, 0.1) is 11.3 Å². The van der Waals surface area contributed by atoms with Crippen LogP contribution in [0.5, 0.6) is 0 Å². The lowest BCUT2D eigenvalue weighted by Crippen LogP contribution is -2.24. The van der Waals surface area contributed by atoms with E-state index in [4.69, 9.17) is 17.3 Å². The van der Waals surface area contributed by atoms with Crippen molar-refractivity contribution in [3.63, 3.8) is 0 Å². The summed E-state index contributed by atoms with van der Waals surface area (Å²) in [4.78, 5) is 2.15. The third-order valence-electron chi connectivity index (χ3n) is 3.33. The molecule has 2 aromatic carbocycles. The minimum absolute atomic E-state index is 0.627. The maximum absolute atomic E-state index is 9.30. The molecule has 2 rings (SSSR count). The van der Waals surface area contributed by atoms with Crippen LogP contribution in [0.1, 0.15) is 24.5 Å². The van der Waals surface area contributed by atoms with Crippen LogP contribution in [-0.4, -0.2) is 6.54 Å². The van der Waals surface area contributed by atoms with E-state index in [0.29, 0.717) is 17.1 Å². The number of nitrogens with zero attached hydrogens (tertiary/aromatic N) is 2. The molecule has 0 fully saturated rings. The highest BCUT2D eigenvalue weighted by molar-refractivity contribution is 6.30. The first-order valence-electron chi connectivity index (χ1n) is 6.93. The standard InChI is InChI=1S/C17H18ClN3/c1-2-9-21(12-14-5-3-4-6-16(14)20)17-10-15(18)8-7-13(17)11-19/h3-8,10H,2,9,12,20H2,1H3. The fraction of sp³-hybridized carbons (Fsp3) is 0.235. The molecule has 0 radical (unpaired) electrons. The van der Waals surface area contributed by atoms with E-state index >= 15 is 0 Å². The van der Waals surface area contributed by atoms with Crippen LogP contribution in [0.3, 0.4) is 0 Å². The van der Waals surface area contributed by atoms with Crippen LogP contribution in [0.15, 0.2) is 42.5 Å². The predicted octanol–water partition coefficient (Wildman–Crippen LogP) is 4.21. The maximum atomic E-state index is 9.30. The molecule has 0 spiro atoms. The molecule has 0 amide bonds. The van der Waals surface area contributed by atoms with E-state index in [2.05, 4.69) is 17.9 Å². The second-order valence-electron chi connectivity index (χ2n) is 4.89.